The SMILES string of the molecule is CN1CCC(N=CC(=C(N)c2cccc(NS(=O)(=O)c3cc(F)ccc3F)c2F)c2ccnc(Cl)c2)CC1. The minimum absolute atomic E-state index is 0.0283. The molecule has 1 saturated heterocycles. The Hall–Kier alpha value is -3.41. The Bertz CT molecular complexity index is 1510. The number of sulfonamides is 1. The van der Waals surface area contributed by atoms with Gasteiger partial charge in [0.1, 0.15) is 21.7 Å². The molecule has 200 valence electrons. The second kappa shape index (κ2) is 11.5. The van der Waals surface area contributed by atoms with Crippen LogP contribution < -0.4 is 10.5 Å². The molecule has 12 heteroatoms. The molecule has 1 fully saturated rings. The van der Waals surface area contributed by atoms with Gasteiger partial charge in [0.2, 0.25) is 0 Å². The fourth-order valence-electron chi connectivity index (χ4n) is 4.04. The number of hydrogen-bond acceptors (Lipinski definition) is 6. The number of aromatic nitrogens is 1. The molecule has 0 spiro atoms. The van der Waals surface area contributed by atoms with E-state index in [1.807, 2.05) is 11.8 Å². The molecule has 1 aliphatic heterocycles. The van der Waals surface area contributed by atoms with Crippen LogP contribution in [-0.4, -0.2) is 50.7 Å². The quantitative estimate of drug-likeness (QED) is 0.313. The highest BCUT2D eigenvalue weighted by molar-refractivity contribution is 7.92. The molecule has 1 aromatic heterocycles. The van der Waals surface area contributed by atoms with E-state index < -0.39 is 38.1 Å². The average Bonchev–Trinajstić information content (AvgIpc) is 2.88. The Labute approximate surface area is 223 Å². The van der Waals surface area contributed by atoms with Crippen molar-refractivity contribution in [1.82, 2.24) is 9.88 Å². The van der Waals surface area contributed by atoms with Crippen molar-refractivity contribution in [3.8, 4) is 0 Å². The molecule has 0 unspecified atom stereocenters. The topological polar surface area (TPSA) is 101 Å². The first-order valence-electron chi connectivity index (χ1n) is 11.7. The molecule has 3 aromatic rings. The molecule has 0 saturated carbocycles. The van der Waals surface area contributed by atoms with Crippen LogP contribution in [0.3, 0.4) is 0 Å². The number of pyridine rings is 1. The minimum Gasteiger partial charge on any atom is -0.398 e. The number of piperidine rings is 1. The molecule has 0 amide bonds. The second-order valence-electron chi connectivity index (χ2n) is 8.85. The van der Waals surface area contributed by atoms with Crippen LogP contribution in [0.4, 0.5) is 18.9 Å². The minimum atomic E-state index is -4.66. The maximum absolute atomic E-state index is 15.6. The highest BCUT2D eigenvalue weighted by Gasteiger charge is 2.23. The first-order chi connectivity index (χ1) is 18.0. The fraction of sp³-hybridized carbons (Fsp3) is 0.231. The maximum Gasteiger partial charge on any atom is 0.265 e. The van der Waals surface area contributed by atoms with Gasteiger partial charge < -0.3 is 10.6 Å². The summed E-state index contributed by atoms with van der Waals surface area (Å²) < 4.78 is 70.8. The number of hydrogen-bond donors (Lipinski definition) is 2. The van der Waals surface area contributed by atoms with Crippen molar-refractivity contribution in [1.29, 1.82) is 0 Å². The molecule has 0 aliphatic carbocycles. The van der Waals surface area contributed by atoms with Gasteiger partial charge in [0, 0.05) is 23.5 Å². The highest BCUT2D eigenvalue weighted by Crippen LogP contribution is 2.30. The number of rotatable bonds is 7. The third kappa shape index (κ3) is 6.35. The van der Waals surface area contributed by atoms with Crippen LogP contribution in [0, 0.1) is 17.5 Å². The Morgan fingerprint density at radius 3 is 2.61 bits per heavy atom. The highest BCUT2D eigenvalue weighted by atomic mass is 35.5. The number of nitrogens with one attached hydrogen (secondary N) is 1. The summed E-state index contributed by atoms with van der Waals surface area (Å²) in [6.45, 7) is 1.78. The summed E-state index contributed by atoms with van der Waals surface area (Å²) in [7, 11) is -2.62. The summed E-state index contributed by atoms with van der Waals surface area (Å²) >= 11 is 6.08. The van der Waals surface area contributed by atoms with E-state index in [2.05, 4.69) is 14.9 Å². The smallest absolute Gasteiger partial charge is 0.265 e. The summed E-state index contributed by atoms with van der Waals surface area (Å²) in [5.41, 5.74) is 6.69. The monoisotopic (exact) mass is 563 g/mol. The number of nitrogens with two attached hydrogens (primary N) is 1. The lowest BCUT2D eigenvalue weighted by atomic mass is 10.00. The van der Waals surface area contributed by atoms with E-state index in [-0.39, 0.29) is 22.5 Å². The van der Waals surface area contributed by atoms with Gasteiger partial charge in [-0.05, 0) is 81.0 Å². The van der Waals surface area contributed by atoms with Gasteiger partial charge in [0.15, 0.2) is 5.82 Å². The summed E-state index contributed by atoms with van der Waals surface area (Å²) in [5.74, 6) is -3.15. The molecule has 2 aromatic carbocycles. The van der Waals surface area contributed by atoms with Gasteiger partial charge in [-0.2, -0.15) is 0 Å². The molecule has 2 heterocycles. The van der Waals surface area contributed by atoms with Gasteiger partial charge in [-0.3, -0.25) is 9.71 Å². The lowest BCUT2D eigenvalue weighted by Crippen LogP contribution is -2.32. The predicted octanol–water partition coefficient (Wildman–Crippen LogP) is 4.95. The standard InChI is InChI=1S/C26H25ClF3N5O2S/c1-35-11-8-18(9-12-35)33-15-20(16-7-10-32-24(27)13-16)26(31)19-3-2-4-22(25(19)30)34-38(36,37)23-14-17(28)5-6-21(23)29/h2-7,10,13-15,18,34H,8-9,11-12,31H2,1H3. The number of allylic oxidation sites excluding steroid dienone is 1. The first-order valence-corrected chi connectivity index (χ1v) is 13.5. The molecule has 7 nitrogen and oxygen atoms in total. The van der Waals surface area contributed by atoms with Crippen molar-refractivity contribution in [2.45, 2.75) is 23.8 Å². The third-order valence-corrected chi connectivity index (χ3v) is 7.73. The summed E-state index contributed by atoms with van der Waals surface area (Å²) in [6, 6.07) is 9.13. The van der Waals surface area contributed by atoms with E-state index >= 15 is 4.39 Å². The molecule has 3 N–H and O–H groups in total. The van der Waals surface area contributed by atoms with E-state index in [0.717, 1.165) is 38.1 Å². The van der Waals surface area contributed by atoms with Crippen LogP contribution in [-0.2, 0) is 10.0 Å². The third-order valence-electron chi connectivity index (χ3n) is 6.15. The van der Waals surface area contributed by atoms with Gasteiger partial charge in [-0.25, -0.2) is 26.6 Å². The van der Waals surface area contributed by atoms with E-state index in [1.165, 1.54) is 18.3 Å². The van der Waals surface area contributed by atoms with Crippen molar-refractivity contribution < 1.29 is 21.6 Å². The van der Waals surface area contributed by atoms with Gasteiger partial charge >= 0.3 is 0 Å². The predicted molar refractivity (Wildman–Crippen MR) is 143 cm³/mol. The Kier molecular flexibility index (Phi) is 8.39. The van der Waals surface area contributed by atoms with Crippen molar-refractivity contribution in [3.63, 3.8) is 0 Å². The summed E-state index contributed by atoms with van der Waals surface area (Å²) in [5, 5.41) is 0.194. The number of nitrogens with zero attached hydrogens (tertiary/aromatic N) is 3. The molecule has 38 heavy (non-hydrogen) atoms. The largest absolute Gasteiger partial charge is 0.398 e. The lowest BCUT2D eigenvalue weighted by Gasteiger charge is -2.26. The van der Waals surface area contributed by atoms with Crippen molar-refractivity contribution in [2.75, 3.05) is 24.9 Å². The summed E-state index contributed by atoms with van der Waals surface area (Å²) in [4.78, 5) is 9.90. The zero-order valence-electron chi connectivity index (χ0n) is 20.3. The molecular formula is C26H25ClF3N5O2S. The van der Waals surface area contributed by atoms with Crippen molar-refractivity contribution in [3.05, 3.63) is 88.5 Å². The fourth-order valence-corrected chi connectivity index (χ4v) is 5.36. The van der Waals surface area contributed by atoms with Crippen LogP contribution in [0.25, 0.3) is 11.3 Å². The number of anilines is 1. The van der Waals surface area contributed by atoms with Crippen molar-refractivity contribution in [2.24, 2.45) is 10.7 Å². The van der Waals surface area contributed by atoms with Crippen LogP contribution in [0.2, 0.25) is 5.15 Å². The molecule has 0 bridgehead atoms. The lowest BCUT2D eigenvalue weighted by molar-refractivity contribution is 0.257. The molecule has 0 atom stereocenters. The number of halogens is 4. The van der Waals surface area contributed by atoms with Crippen molar-refractivity contribution >= 4 is 44.8 Å². The molecule has 0 radical (unpaired) electrons. The second-order valence-corrected chi connectivity index (χ2v) is 10.9. The summed E-state index contributed by atoms with van der Waals surface area (Å²) in [6.07, 6.45) is 4.73. The molecule has 4 rings (SSSR count). The zero-order chi connectivity index (χ0) is 27.4. The van der Waals surface area contributed by atoms with E-state index in [4.69, 9.17) is 17.3 Å². The number of benzene rings is 2. The van der Waals surface area contributed by atoms with Gasteiger partial charge in [-0.15, -0.1) is 0 Å². The number of aliphatic imine (C=N–C) groups is 1. The Morgan fingerprint density at radius 1 is 1.16 bits per heavy atom. The van der Waals surface area contributed by atoms with E-state index in [1.54, 1.807) is 18.3 Å². The van der Waals surface area contributed by atoms with Gasteiger partial charge in [-0.1, -0.05) is 17.7 Å². The van der Waals surface area contributed by atoms with Crippen LogP contribution in [0.1, 0.15) is 24.0 Å². The van der Waals surface area contributed by atoms with Crippen LogP contribution in [0.5, 0.6) is 0 Å². The zero-order valence-corrected chi connectivity index (χ0v) is 21.9. The average molecular weight is 564 g/mol. The van der Waals surface area contributed by atoms with Crippen LogP contribution in [0.15, 0.2) is 64.6 Å². The van der Waals surface area contributed by atoms with Gasteiger partial charge in [0.25, 0.3) is 10.0 Å². The Balaban J connectivity index is 1.75. The molecular weight excluding hydrogens is 539 g/mol. The van der Waals surface area contributed by atoms with Crippen LogP contribution >= 0.6 is 11.6 Å². The molecule has 1 aliphatic rings. The van der Waals surface area contributed by atoms with E-state index in [0.29, 0.717) is 23.3 Å². The maximum atomic E-state index is 15.6. The Morgan fingerprint density at radius 2 is 1.89 bits per heavy atom. The normalized spacial score (nSPS) is 16.0. The van der Waals surface area contributed by atoms with E-state index in [9.17, 15) is 17.2 Å². The number of likely N-dealkylation sites (tertiary alicyclic amines) is 1. The van der Waals surface area contributed by atoms with Gasteiger partial charge in [0.05, 0.1) is 17.4 Å². The first kappa shape index (κ1) is 27.6.